The van der Waals surface area contributed by atoms with Crippen molar-refractivity contribution in [3.05, 3.63) is 41.6 Å². The van der Waals surface area contributed by atoms with E-state index in [1.807, 2.05) is 0 Å². The van der Waals surface area contributed by atoms with Gasteiger partial charge in [0.1, 0.15) is 0 Å². The van der Waals surface area contributed by atoms with Crippen LogP contribution < -0.4 is 0 Å². The molecular weight excluding hydrogens is 253 g/mol. The lowest BCUT2D eigenvalue weighted by Gasteiger charge is -2.06. The van der Waals surface area contributed by atoms with Gasteiger partial charge in [0, 0.05) is 5.56 Å². The zero-order chi connectivity index (χ0) is 12.5. The number of rotatable bonds is 2. The first-order chi connectivity index (χ1) is 8.00. The van der Waals surface area contributed by atoms with Crippen LogP contribution >= 0.6 is 11.6 Å². The number of hydrogen-bond donors (Lipinski definition) is 1. The van der Waals surface area contributed by atoms with Crippen LogP contribution in [-0.2, 0) is 12.1 Å². The van der Waals surface area contributed by atoms with Crippen molar-refractivity contribution < 1.29 is 13.2 Å². The molecule has 1 aromatic carbocycles. The minimum Gasteiger partial charge on any atom is -0.281 e. The van der Waals surface area contributed by atoms with Crippen molar-refractivity contribution in [2.24, 2.45) is 0 Å². The number of aromatic amines is 1. The Kier molecular flexibility index (Phi) is 3.11. The van der Waals surface area contributed by atoms with Crippen molar-refractivity contribution in [1.29, 1.82) is 0 Å². The Bertz CT molecular complexity index is 502. The van der Waals surface area contributed by atoms with Crippen LogP contribution in [0.4, 0.5) is 13.2 Å². The predicted molar refractivity (Wildman–Crippen MR) is 58.6 cm³/mol. The molecule has 0 aliphatic rings. The fraction of sp³-hybridized carbons (Fsp3) is 0.182. The van der Waals surface area contributed by atoms with E-state index in [4.69, 9.17) is 11.6 Å². The molecule has 0 bridgehead atoms. The predicted octanol–water partition coefficient (Wildman–Crippen LogP) is 3.83. The number of halogens is 4. The van der Waals surface area contributed by atoms with Crippen LogP contribution in [0.3, 0.4) is 0 Å². The SMILES string of the molecule is FC(F)(F)c1ccc(-c2cc(CCl)[nH]n2)cc1. The number of alkyl halides is 4. The summed E-state index contributed by atoms with van der Waals surface area (Å²) in [4.78, 5) is 0. The van der Waals surface area contributed by atoms with Crippen molar-refractivity contribution in [2.75, 3.05) is 0 Å². The van der Waals surface area contributed by atoms with Gasteiger partial charge in [-0.25, -0.2) is 0 Å². The summed E-state index contributed by atoms with van der Waals surface area (Å²) >= 11 is 5.59. The highest BCUT2D eigenvalue weighted by atomic mass is 35.5. The Labute approximate surface area is 100 Å². The third-order valence-electron chi connectivity index (χ3n) is 2.28. The third kappa shape index (κ3) is 2.61. The second-order valence-corrected chi connectivity index (χ2v) is 3.75. The van der Waals surface area contributed by atoms with Gasteiger partial charge in [0.25, 0.3) is 0 Å². The molecule has 2 rings (SSSR count). The van der Waals surface area contributed by atoms with Gasteiger partial charge in [-0.3, -0.25) is 5.10 Å². The quantitative estimate of drug-likeness (QED) is 0.817. The topological polar surface area (TPSA) is 28.7 Å². The molecule has 1 aromatic heterocycles. The summed E-state index contributed by atoms with van der Waals surface area (Å²) in [6.45, 7) is 0. The lowest BCUT2D eigenvalue weighted by atomic mass is 10.1. The third-order valence-corrected chi connectivity index (χ3v) is 2.57. The standard InChI is InChI=1S/C11H8ClF3N2/c12-6-9-5-10(17-16-9)7-1-3-8(4-2-7)11(13,14)15/h1-5H,6H2,(H,16,17). The van der Waals surface area contributed by atoms with Crippen LogP contribution in [0.25, 0.3) is 11.3 Å². The van der Waals surface area contributed by atoms with E-state index < -0.39 is 11.7 Å². The molecule has 0 saturated carbocycles. The highest BCUT2D eigenvalue weighted by Gasteiger charge is 2.30. The summed E-state index contributed by atoms with van der Waals surface area (Å²) in [5.41, 5.74) is 1.25. The number of benzene rings is 1. The molecule has 0 radical (unpaired) electrons. The summed E-state index contributed by atoms with van der Waals surface area (Å²) in [6, 6.07) is 6.54. The Morgan fingerprint density at radius 1 is 1.18 bits per heavy atom. The first-order valence-electron chi connectivity index (χ1n) is 4.78. The summed E-state index contributed by atoms with van der Waals surface area (Å²) in [5, 5.41) is 6.65. The van der Waals surface area contributed by atoms with Crippen molar-refractivity contribution in [3.8, 4) is 11.3 Å². The molecule has 6 heteroatoms. The van der Waals surface area contributed by atoms with E-state index in [0.717, 1.165) is 17.8 Å². The van der Waals surface area contributed by atoms with E-state index in [1.165, 1.54) is 12.1 Å². The molecule has 1 heterocycles. The first kappa shape index (κ1) is 12.0. The fourth-order valence-electron chi connectivity index (χ4n) is 1.41. The second kappa shape index (κ2) is 4.41. The number of hydrogen-bond acceptors (Lipinski definition) is 1. The van der Waals surface area contributed by atoms with Crippen LogP contribution in [0.2, 0.25) is 0 Å². The smallest absolute Gasteiger partial charge is 0.281 e. The molecule has 2 aromatic rings. The summed E-state index contributed by atoms with van der Waals surface area (Å²) in [6.07, 6.45) is -4.31. The number of H-pyrrole nitrogens is 1. The second-order valence-electron chi connectivity index (χ2n) is 3.49. The van der Waals surface area contributed by atoms with Crippen LogP contribution in [0.5, 0.6) is 0 Å². The molecular formula is C11H8ClF3N2. The van der Waals surface area contributed by atoms with Gasteiger partial charge in [0.2, 0.25) is 0 Å². The van der Waals surface area contributed by atoms with Gasteiger partial charge in [0.15, 0.2) is 0 Å². The monoisotopic (exact) mass is 260 g/mol. The van der Waals surface area contributed by atoms with Crippen LogP contribution in [0, 0.1) is 0 Å². The average Bonchev–Trinajstić information content (AvgIpc) is 2.76. The van der Waals surface area contributed by atoms with Gasteiger partial charge >= 0.3 is 6.18 Å². The van der Waals surface area contributed by atoms with Crippen LogP contribution in [-0.4, -0.2) is 10.2 Å². The van der Waals surface area contributed by atoms with E-state index in [0.29, 0.717) is 11.3 Å². The van der Waals surface area contributed by atoms with Gasteiger partial charge in [-0.1, -0.05) is 12.1 Å². The molecule has 0 aliphatic carbocycles. The number of nitrogens with one attached hydrogen (secondary N) is 1. The number of nitrogens with zero attached hydrogens (tertiary/aromatic N) is 1. The Hall–Kier alpha value is -1.49. The molecule has 0 saturated heterocycles. The van der Waals surface area contributed by atoms with Crippen molar-refractivity contribution >= 4 is 11.6 Å². The molecule has 2 nitrogen and oxygen atoms in total. The molecule has 90 valence electrons. The molecule has 0 unspecified atom stereocenters. The average molecular weight is 261 g/mol. The molecule has 1 N–H and O–H groups in total. The normalized spacial score (nSPS) is 11.8. The minimum atomic E-state index is -4.31. The van der Waals surface area contributed by atoms with Gasteiger partial charge in [-0.05, 0) is 18.2 Å². The minimum absolute atomic E-state index is 0.285. The fourth-order valence-corrected chi connectivity index (χ4v) is 1.54. The Morgan fingerprint density at radius 2 is 1.82 bits per heavy atom. The first-order valence-corrected chi connectivity index (χ1v) is 5.32. The molecule has 0 aliphatic heterocycles. The van der Waals surface area contributed by atoms with Crippen molar-refractivity contribution in [1.82, 2.24) is 10.2 Å². The van der Waals surface area contributed by atoms with E-state index >= 15 is 0 Å². The summed E-state index contributed by atoms with van der Waals surface area (Å²) in [7, 11) is 0. The molecule has 17 heavy (non-hydrogen) atoms. The maximum atomic E-state index is 12.3. The maximum absolute atomic E-state index is 12.3. The molecule has 0 fully saturated rings. The van der Waals surface area contributed by atoms with Gasteiger partial charge in [-0.2, -0.15) is 18.3 Å². The van der Waals surface area contributed by atoms with E-state index in [1.54, 1.807) is 6.07 Å². The highest BCUT2D eigenvalue weighted by Crippen LogP contribution is 2.30. The maximum Gasteiger partial charge on any atom is 0.416 e. The number of aromatic nitrogens is 2. The lowest BCUT2D eigenvalue weighted by Crippen LogP contribution is -2.03. The van der Waals surface area contributed by atoms with Gasteiger partial charge in [-0.15, -0.1) is 11.6 Å². The van der Waals surface area contributed by atoms with Crippen LogP contribution in [0.15, 0.2) is 30.3 Å². The summed E-state index contributed by atoms with van der Waals surface area (Å²) < 4.78 is 37.0. The Balaban J connectivity index is 2.29. The van der Waals surface area contributed by atoms with Gasteiger partial charge in [0.05, 0.1) is 22.8 Å². The zero-order valence-electron chi connectivity index (χ0n) is 8.55. The van der Waals surface area contributed by atoms with Crippen LogP contribution in [0.1, 0.15) is 11.3 Å². The van der Waals surface area contributed by atoms with E-state index in [-0.39, 0.29) is 5.88 Å². The van der Waals surface area contributed by atoms with E-state index in [2.05, 4.69) is 10.2 Å². The van der Waals surface area contributed by atoms with E-state index in [9.17, 15) is 13.2 Å². The lowest BCUT2D eigenvalue weighted by molar-refractivity contribution is -0.137. The zero-order valence-corrected chi connectivity index (χ0v) is 9.31. The van der Waals surface area contributed by atoms with Crippen molar-refractivity contribution in [2.45, 2.75) is 12.1 Å². The summed E-state index contributed by atoms with van der Waals surface area (Å²) in [5.74, 6) is 0.285. The molecule has 0 atom stereocenters. The largest absolute Gasteiger partial charge is 0.416 e. The molecule has 0 spiro atoms. The highest BCUT2D eigenvalue weighted by molar-refractivity contribution is 6.16. The van der Waals surface area contributed by atoms with Gasteiger partial charge < -0.3 is 0 Å². The Morgan fingerprint density at radius 3 is 2.29 bits per heavy atom. The van der Waals surface area contributed by atoms with Crippen molar-refractivity contribution in [3.63, 3.8) is 0 Å². The molecule has 0 amide bonds.